The van der Waals surface area contributed by atoms with E-state index in [9.17, 15) is 0 Å². The molecule has 3 N–H and O–H groups in total. The van der Waals surface area contributed by atoms with E-state index in [0.717, 1.165) is 27.8 Å². The molecule has 0 spiro atoms. The molecule has 0 fully saturated rings. The van der Waals surface area contributed by atoms with Crippen molar-refractivity contribution in [3.8, 4) is 0 Å². The number of hydrogen-bond donors (Lipinski definition) is 2. The van der Waals surface area contributed by atoms with E-state index < -0.39 is 0 Å². The van der Waals surface area contributed by atoms with Crippen LogP contribution in [0.2, 0.25) is 0 Å². The van der Waals surface area contributed by atoms with Gasteiger partial charge in [0.05, 0.1) is 11.2 Å². The number of nitrogen functional groups attached to an aromatic ring is 1. The molecule has 0 radical (unpaired) electrons. The molecular formula is C15H14N4. The SMILES string of the molecule is Nc1ccc(NCc2cccnc2)c2ncccc12. The third kappa shape index (κ3) is 2.33. The number of rotatable bonds is 3. The van der Waals surface area contributed by atoms with Gasteiger partial charge in [-0.2, -0.15) is 0 Å². The predicted octanol–water partition coefficient (Wildman–Crippen LogP) is 2.82. The van der Waals surface area contributed by atoms with Crippen molar-refractivity contribution in [1.29, 1.82) is 0 Å². The Bertz CT molecular complexity index is 695. The molecule has 0 aliphatic heterocycles. The fourth-order valence-corrected chi connectivity index (χ4v) is 2.04. The highest BCUT2D eigenvalue weighted by Gasteiger charge is 2.04. The van der Waals surface area contributed by atoms with Crippen molar-refractivity contribution in [2.75, 3.05) is 11.1 Å². The van der Waals surface area contributed by atoms with Gasteiger partial charge in [-0.3, -0.25) is 9.97 Å². The molecule has 19 heavy (non-hydrogen) atoms. The summed E-state index contributed by atoms with van der Waals surface area (Å²) in [6.07, 6.45) is 5.39. The molecule has 1 aromatic carbocycles. The second-order valence-electron chi connectivity index (χ2n) is 4.32. The number of hydrogen-bond acceptors (Lipinski definition) is 4. The van der Waals surface area contributed by atoms with Crippen molar-refractivity contribution in [2.24, 2.45) is 0 Å². The largest absolute Gasteiger partial charge is 0.398 e. The van der Waals surface area contributed by atoms with E-state index in [-0.39, 0.29) is 0 Å². The fourth-order valence-electron chi connectivity index (χ4n) is 2.04. The van der Waals surface area contributed by atoms with Crippen molar-refractivity contribution >= 4 is 22.3 Å². The van der Waals surface area contributed by atoms with Crippen LogP contribution >= 0.6 is 0 Å². The van der Waals surface area contributed by atoms with Crippen molar-refractivity contribution in [1.82, 2.24) is 9.97 Å². The molecule has 3 aromatic rings. The molecule has 0 saturated carbocycles. The van der Waals surface area contributed by atoms with Crippen molar-refractivity contribution in [2.45, 2.75) is 6.54 Å². The lowest BCUT2D eigenvalue weighted by Crippen LogP contribution is -2.01. The molecule has 0 unspecified atom stereocenters. The van der Waals surface area contributed by atoms with Gasteiger partial charge < -0.3 is 11.1 Å². The van der Waals surface area contributed by atoms with Gasteiger partial charge in [0.1, 0.15) is 0 Å². The van der Waals surface area contributed by atoms with Crippen LogP contribution in [0.3, 0.4) is 0 Å². The summed E-state index contributed by atoms with van der Waals surface area (Å²) >= 11 is 0. The Morgan fingerprint density at radius 2 is 1.95 bits per heavy atom. The average Bonchev–Trinajstić information content (AvgIpc) is 2.48. The van der Waals surface area contributed by atoms with Crippen molar-refractivity contribution in [3.63, 3.8) is 0 Å². The Morgan fingerprint density at radius 1 is 1.05 bits per heavy atom. The maximum absolute atomic E-state index is 5.95. The second kappa shape index (κ2) is 4.94. The fraction of sp³-hybridized carbons (Fsp3) is 0.0667. The van der Waals surface area contributed by atoms with Crippen LogP contribution in [0.5, 0.6) is 0 Å². The molecule has 0 aliphatic rings. The van der Waals surface area contributed by atoms with Crippen LogP contribution in [0.4, 0.5) is 11.4 Å². The highest BCUT2D eigenvalue weighted by Crippen LogP contribution is 2.26. The summed E-state index contributed by atoms with van der Waals surface area (Å²) in [7, 11) is 0. The van der Waals surface area contributed by atoms with Gasteiger partial charge in [0, 0.05) is 36.2 Å². The van der Waals surface area contributed by atoms with E-state index in [1.807, 2.05) is 42.6 Å². The number of pyridine rings is 2. The van der Waals surface area contributed by atoms with E-state index in [2.05, 4.69) is 15.3 Å². The molecular weight excluding hydrogens is 236 g/mol. The first-order chi connectivity index (χ1) is 9.34. The molecule has 0 aliphatic carbocycles. The zero-order chi connectivity index (χ0) is 13.1. The van der Waals surface area contributed by atoms with Crippen LogP contribution in [-0.4, -0.2) is 9.97 Å². The highest BCUT2D eigenvalue weighted by molar-refractivity contribution is 5.98. The first-order valence-corrected chi connectivity index (χ1v) is 6.10. The molecule has 2 aromatic heterocycles. The smallest absolute Gasteiger partial charge is 0.0953 e. The minimum absolute atomic E-state index is 0.712. The Balaban J connectivity index is 1.91. The normalized spacial score (nSPS) is 10.5. The van der Waals surface area contributed by atoms with Crippen LogP contribution in [0.25, 0.3) is 10.9 Å². The topological polar surface area (TPSA) is 63.8 Å². The first-order valence-electron chi connectivity index (χ1n) is 6.10. The van der Waals surface area contributed by atoms with Gasteiger partial charge in [-0.15, -0.1) is 0 Å². The van der Waals surface area contributed by atoms with Gasteiger partial charge in [0.2, 0.25) is 0 Å². The molecule has 4 nitrogen and oxygen atoms in total. The maximum Gasteiger partial charge on any atom is 0.0953 e. The number of benzene rings is 1. The van der Waals surface area contributed by atoms with Gasteiger partial charge in [0.25, 0.3) is 0 Å². The zero-order valence-corrected chi connectivity index (χ0v) is 10.4. The zero-order valence-electron chi connectivity index (χ0n) is 10.4. The molecule has 0 bridgehead atoms. The lowest BCUT2D eigenvalue weighted by molar-refractivity contribution is 1.11. The van der Waals surface area contributed by atoms with Crippen LogP contribution in [0, 0.1) is 0 Å². The maximum atomic E-state index is 5.95. The van der Waals surface area contributed by atoms with E-state index >= 15 is 0 Å². The summed E-state index contributed by atoms with van der Waals surface area (Å²) < 4.78 is 0. The van der Waals surface area contributed by atoms with Gasteiger partial charge in [0.15, 0.2) is 0 Å². The summed E-state index contributed by atoms with van der Waals surface area (Å²) in [5.41, 5.74) is 9.70. The summed E-state index contributed by atoms with van der Waals surface area (Å²) in [4.78, 5) is 8.49. The predicted molar refractivity (Wildman–Crippen MR) is 77.7 cm³/mol. The molecule has 0 atom stereocenters. The summed E-state index contributed by atoms with van der Waals surface area (Å²) in [5.74, 6) is 0. The third-order valence-electron chi connectivity index (χ3n) is 3.01. The third-order valence-corrected chi connectivity index (χ3v) is 3.01. The molecule has 0 amide bonds. The summed E-state index contributed by atoms with van der Waals surface area (Å²) in [6.45, 7) is 0.712. The summed E-state index contributed by atoms with van der Waals surface area (Å²) in [5, 5.41) is 4.34. The van der Waals surface area contributed by atoms with E-state index in [1.54, 1.807) is 12.4 Å². The van der Waals surface area contributed by atoms with Crippen LogP contribution in [0.15, 0.2) is 55.0 Å². The monoisotopic (exact) mass is 250 g/mol. The number of anilines is 2. The van der Waals surface area contributed by atoms with E-state index in [4.69, 9.17) is 5.73 Å². The van der Waals surface area contributed by atoms with Gasteiger partial charge >= 0.3 is 0 Å². The Labute approximate surface area is 111 Å². The lowest BCUT2D eigenvalue weighted by atomic mass is 10.1. The average molecular weight is 250 g/mol. The Morgan fingerprint density at radius 3 is 2.79 bits per heavy atom. The van der Waals surface area contributed by atoms with Crippen LogP contribution in [-0.2, 0) is 6.54 Å². The first kappa shape index (κ1) is 11.5. The molecule has 2 heterocycles. The minimum Gasteiger partial charge on any atom is -0.398 e. The number of aromatic nitrogens is 2. The second-order valence-corrected chi connectivity index (χ2v) is 4.32. The van der Waals surface area contributed by atoms with E-state index in [0.29, 0.717) is 6.54 Å². The van der Waals surface area contributed by atoms with Crippen molar-refractivity contribution in [3.05, 3.63) is 60.6 Å². The molecule has 94 valence electrons. The Kier molecular flexibility index (Phi) is 2.98. The number of fused-ring (bicyclic) bond motifs is 1. The van der Waals surface area contributed by atoms with Gasteiger partial charge in [-0.1, -0.05) is 6.07 Å². The van der Waals surface area contributed by atoms with Gasteiger partial charge in [-0.05, 0) is 35.9 Å². The van der Waals surface area contributed by atoms with Crippen LogP contribution in [0.1, 0.15) is 5.56 Å². The summed E-state index contributed by atoms with van der Waals surface area (Å²) in [6, 6.07) is 11.7. The van der Waals surface area contributed by atoms with E-state index in [1.165, 1.54) is 0 Å². The highest BCUT2D eigenvalue weighted by atomic mass is 14.9. The van der Waals surface area contributed by atoms with Crippen LogP contribution < -0.4 is 11.1 Å². The number of nitrogens with zero attached hydrogens (tertiary/aromatic N) is 2. The number of nitrogens with two attached hydrogens (primary N) is 1. The standard InChI is InChI=1S/C15H14N4/c16-13-5-6-14(15-12(13)4-2-8-18-15)19-10-11-3-1-7-17-9-11/h1-9,19H,10,16H2. The quantitative estimate of drug-likeness (QED) is 0.702. The molecule has 0 saturated heterocycles. The van der Waals surface area contributed by atoms with Crippen molar-refractivity contribution < 1.29 is 0 Å². The van der Waals surface area contributed by atoms with Gasteiger partial charge in [-0.25, -0.2) is 0 Å². The Hall–Kier alpha value is -2.62. The minimum atomic E-state index is 0.712. The molecule has 3 rings (SSSR count). The molecule has 4 heteroatoms. The number of nitrogens with one attached hydrogen (secondary N) is 1. The lowest BCUT2D eigenvalue weighted by Gasteiger charge is -2.10.